The first kappa shape index (κ1) is 14.8. The molecule has 0 N–H and O–H groups in total. The van der Waals surface area contributed by atoms with Gasteiger partial charge in [0.25, 0.3) is 0 Å². The third-order valence-corrected chi connectivity index (χ3v) is 4.71. The van der Waals surface area contributed by atoms with Gasteiger partial charge < -0.3 is 13.6 Å². The SMILES string of the molecule is CCO[Si](C)(COC(=O)c1ccccn1)OCC. The summed E-state index contributed by atoms with van der Waals surface area (Å²) in [6.07, 6.45) is 1.72. The number of hydrogen-bond acceptors (Lipinski definition) is 5. The second-order valence-electron chi connectivity index (χ2n) is 3.79. The summed E-state index contributed by atoms with van der Waals surface area (Å²) in [5, 5.41) is 0. The lowest BCUT2D eigenvalue weighted by molar-refractivity contribution is 0.0491. The summed E-state index contributed by atoms with van der Waals surface area (Å²) in [6, 6.07) is 5.10. The third-order valence-electron chi connectivity index (χ3n) is 2.24. The molecule has 0 saturated heterocycles. The molecule has 0 unspecified atom stereocenters. The van der Waals surface area contributed by atoms with E-state index >= 15 is 0 Å². The number of pyridine rings is 1. The van der Waals surface area contributed by atoms with E-state index in [4.69, 9.17) is 13.6 Å². The highest BCUT2D eigenvalue weighted by molar-refractivity contribution is 6.66. The zero-order valence-corrected chi connectivity index (χ0v) is 12.0. The van der Waals surface area contributed by atoms with E-state index in [1.54, 1.807) is 24.4 Å². The minimum Gasteiger partial charge on any atom is -0.459 e. The van der Waals surface area contributed by atoms with Crippen LogP contribution in [0.3, 0.4) is 0 Å². The molecule has 0 aromatic carbocycles. The molecule has 0 spiro atoms. The lowest BCUT2D eigenvalue weighted by atomic mass is 10.4. The van der Waals surface area contributed by atoms with Gasteiger partial charge in [0.05, 0.1) is 0 Å². The number of carbonyl (C=O) groups is 1. The predicted molar refractivity (Wildman–Crippen MR) is 69.4 cm³/mol. The number of ether oxygens (including phenoxy) is 1. The lowest BCUT2D eigenvalue weighted by Gasteiger charge is -2.25. The van der Waals surface area contributed by atoms with Crippen molar-refractivity contribution in [1.29, 1.82) is 0 Å². The summed E-state index contributed by atoms with van der Waals surface area (Å²) in [5.74, 6) is -0.450. The van der Waals surface area contributed by atoms with Gasteiger partial charge in [0.15, 0.2) is 0 Å². The van der Waals surface area contributed by atoms with Crippen molar-refractivity contribution in [2.45, 2.75) is 20.4 Å². The molecule has 0 radical (unpaired) electrons. The van der Waals surface area contributed by atoms with Crippen LogP contribution in [0.2, 0.25) is 6.55 Å². The molecular weight excluding hydrogens is 250 g/mol. The number of rotatable bonds is 7. The first-order valence-corrected chi connectivity index (χ1v) is 8.49. The normalized spacial score (nSPS) is 11.3. The minimum absolute atomic E-state index is 0.171. The molecule has 0 amide bonds. The van der Waals surface area contributed by atoms with Crippen molar-refractivity contribution in [3.8, 4) is 0 Å². The molecule has 1 heterocycles. The summed E-state index contributed by atoms with van der Waals surface area (Å²) in [7, 11) is -2.42. The zero-order valence-electron chi connectivity index (χ0n) is 11.0. The van der Waals surface area contributed by atoms with Gasteiger partial charge >= 0.3 is 14.5 Å². The average molecular weight is 269 g/mol. The van der Waals surface area contributed by atoms with Crippen LogP contribution < -0.4 is 0 Å². The van der Waals surface area contributed by atoms with Gasteiger partial charge in [-0.15, -0.1) is 0 Å². The molecule has 6 heteroatoms. The molecule has 0 saturated carbocycles. The van der Waals surface area contributed by atoms with E-state index in [0.29, 0.717) is 18.9 Å². The van der Waals surface area contributed by atoms with Gasteiger partial charge in [-0.3, -0.25) is 0 Å². The quantitative estimate of drug-likeness (QED) is 0.559. The molecular formula is C12H19NO4Si. The Hall–Kier alpha value is -1.24. The van der Waals surface area contributed by atoms with E-state index in [1.165, 1.54) is 0 Å². The Balaban J connectivity index is 2.55. The van der Waals surface area contributed by atoms with Crippen molar-refractivity contribution in [3.63, 3.8) is 0 Å². The molecule has 1 rings (SSSR count). The molecule has 5 nitrogen and oxygen atoms in total. The predicted octanol–water partition coefficient (Wildman–Crippen LogP) is 1.92. The van der Waals surface area contributed by atoms with Crippen LogP contribution >= 0.6 is 0 Å². The van der Waals surface area contributed by atoms with Crippen molar-refractivity contribution < 1.29 is 18.4 Å². The Labute approximate surface area is 108 Å². The first-order valence-electron chi connectivity index (χ1n) is 5.97. The highest BCUT2D eigenvalue weighted by Gasteiger charge is 2.33. The van der Waals surface area contributed by atoms with E-state index in [9.17, 15) is 4.79 Å². The number of nitrogens with zero attached hydrogens (tertiary/aromatic N) is 1. The smallest absolute Gasteiger partial charge is 0.374 e. The van der Waals surface area contributed by atoms with Crippen LogP contribution in [0.25, 0.3) is 0 Å². The van der Waals surface area contributed by atoms with Gasteiger partial charge in [-0.25, -0.2) is 9.78 Å². The summed E-state index contributed by atoms with van der Waals surface area (Å²) >= 11 is 0. The maximum atomic E-state index is 11.7. The maximum Gasteiger partial charge on any atom is 0.374 e. The van der Waals surface area contributed by atoms with Crippen LogP contribution in [-0.4, -0.2) is 39.0 Å². The van der Waals surface area contributed by atoms with Gasteiger partial charge in [0.1, 0.15) is 11.9 Å². The van der Waals surface area contributed by atoms with E-state index in [1.807, 2.05) is 20.4 Å². The van der Waals surface area contributed by atoms with Gasteiger partial charge in [-0.05, 0) is 32.5 Å². The highest BCUT2D eigenvalue weighted by Crippen LogP contribution is 2.09. The van der Waals surface area contributed by atoms with E-state index < -0.39 is 14.5 Å². The number of esters is 1. The monoisotopic (exact) mass is 269 g/mol. The molecule has 100 valence electrons. The molecule has 0 aliphatic rings. The topological polar surface area (TPSA) is 57.7 Å². The molecule has 0 aliphatic heterocycles. The van der Waals surface area contributed by atoms with Crippen molar-refractivity contribution >= 4 is 14.5 Å². The average Bonchev–Trinajstić information content (AvgIpc) is 2.38. The molecule has 1 aromatic heterocycles. The molecule has 0 bridgehead atoms. The van der Waals surface area contributed by atoms with Crippen LogP contribution in [0.1, 0.15) is 24.3 Å². The summed E-state index contributed by atoms with van der Waals surface area (Å²) in [6.45, 7) is 6.76. The molecule has 0 atom stereocenters. The Morgan fingerprint density at radius 3 is 2.44 bits per heavy atom. The van der Waals surface area contributed by atoms with Crippen LogP contribution in [0, 0.1) is 0 Å². The maximum absolute atomic E-state index is 11.7. The van der Waals surface area contributed by atoms with E-state index in [-0.39, 0.29) is 6.23 Å². The standard InChI is InChI=1S/C12H19NO4Si/c1-4-16-18(3,17-5-2)10-15-12(14)11-8-6-7-9-13-11/h6-9H,4-5,10H2,1-3H3. The fourth-order valence-electron chi connectivity index (χ4n) is 1.49. The third kappa shape index (κ3) is 4.56. The zero-order chi connectivity index (χ0) is 13.4. The van der Waals surface area contributed by atoms with Crippen molar-refractivity contribution in [2.24, 2.45) is 0 Å². The van der Waals surface area contributed by atoms with Gasteiger partial charge in [0, 0.05) is 19.4 Å². The van der Waals surface area contributed by atoms with Crippen LogP contribution in [-0.2, 0) is 13.6 Å². The molecule has 0 fully saturated rings. The summed E-state index contributed by atoms with van der Waals surface area (Å²) < 4.78 is 16.4. The number of carbonyl (C=O) groups excluding carboxylic acids is 1. The Morgan fingerprint density at radius 2 is 1.94 bits per heavy atom. The second-order valence-corrected chi connectivity index (χ2v) is 6.92. The molecule has 0 aliphatic carbocycles. The fraction of sp³-hybridized carbons (Fsp3) is 0.500. The largest absolute Gasteiger partial charge is 0.459 e. The molecule has 18 heavy (non-hydrogen) atoms. The van der Waals surface area contributed by atoms with Crippen molar-refractivity contribution in [2.75, 3.05) is 19.4 Å². The van der Waals surface area contributed by atoms with Crippen molar-refractivity contribution in [1.82, 2.24) is 4.98 Å². The number of aromatic nitrogens is 1. The highest BCUT2D eigenvalue weighted by atomic mass is 28.4. The van der Waals surface area contributed by atoms with Crippen LogP contribution in [0.15, 0.2) is 24.4 Å². The first-order chi connectivity index (χ1) is 8.61. The van der Waals surface area contributed by atoms with Gasteiger partial charge in [0.2, 0.25) is 0 Å². The Bertz CT molecular complexity index is 366. The lowest BCUT2D eigenvalue weighted by Crippen LogP contribution is -2.45. The molecule has 1 aromatic rings. The fourth-order valence-corrected chi connectivity index (χ4v) is 3.35. The van der Waals surface area contributed by atoms with E-state index in [0.717, 1.165) is 0 Å². The summed E-state index contributed by atoms with van der Waals surface area (Å²) in [4.78, 5) is 15.7. The van der Waals surface area contributed by atoms with Gasteiger partial charge in [-0.1, -0.05) is 6.07 Å². The van der Waals surface area contributed by atoms with Crippen LogP contribution in [0.5, 0.6) is 0 Å². The van der Waals surface area contributed by atoms with Crippen LogP contribution in [0.4, 0.5) is 0 Å². The Morgan fingerprint density at radius 1 is 1.28 bits per heavy atom. The summed E-state index contributed by atoms with van der Waals surface area (Å²) in [5.41, 5.74) is 0.293. The van der Waals surface area contributed by atoms with Gasteiger partial charge in [-0.2, -0.15) is 0 Å². The Kier molecular flexibility index (Phi) is 5.97. The second kappa shape index (κ2) is 7.25. The van der Waals surface area contributed by atoms with E-state index in [2.05, 4.69) is 4.98 Å². The minimum atomic E-state index is -2.42. The van der Waals surface area contributed by atoms with Crippen molar-refractivity contribution in [3.05, 3.63) is 30.1 Å². The number of hydrogen-bond donors (Lipinski definition) is 0.